The van der Waals surface area contributed by atoms with E-state index in [1.807, 2.05) is 18.2 Å². The molecule has 0 amide bonds. The van der Waals surface area contributed by atoms with E-state index in [-0.39, 0.29) is 11.9 Å². The van der Waals surface area contributed by atoms with Crippen LogP contribution in [0.25, 0.3) is 11.3 Å². The molecule has 2 rings (SSSR count). The van der Waals surface area contributed by atoms with Gasteiger partial charge in [-0.3, -0.25) is 0 Å². The second-order valence-corrected chi connectivity index (χ2v) is 4.63. The van der Waals surface area contributed by atoms with E-state index in [1.165, 1.54) is 12.1 Å². The molecule has 1 atom stereocenters. The highest BCUT2D eigenvalue weighted by Crippen LogP contribution is 2.27. The molecule has 0 saturated heterocycles. The van der Waals surface area contributed by atoms with E-state index < -0.39 is 0 Å². The summed E-state index contributed by atoms with van der Waals surface area (Å²) in [4.78, 5) is 0. The Kier molecular flexibility index (Phi) is 4.74. The van der Waals surface area contributed by atoms with Gasteiger partial charge in [-0.1, -0.05) is 26.0 Å². The van der Waals surface area contributed by atoms with Gasteiger partial charge in [-0.25, -0.2) is 4.39 Å². The second kappa shape index (κ2) is 6.53. The molecule has 3 heteroatoms. The zero-order valence-electron chi connectivity index (χ0n) is 11.4. The summed E-state index contributed by atoms with van der Waals surface area (Å²) in [7, 11) is 0. The molecule has 1 N–H and O–H groups in total. The number of rotatable bonds is 6. The zero-order chi connectivity index (χ0) is 13.7. The Morgan fingerprint density at radius 1 is 1.21 bits per heavy atom. The van der Waals surface area contributed by atoms with Crippen molar-refractivity contribution in [3.05, 3.63) is 48.0 Å². The first-order valence-electron chi connectivity index (χ1n) is 6.83. The third-order valence-electron chi connectivity index (χ3n) is 3.13. The second-order valence-electron chi connectivity index (χ2n) is 4.63. The van der Waals surface area contributed by atoms with Crippen molar-refractivity contribution in [2.45, 2.75) is 32.7 Å². The smallest absolute Gasteiger partial charge is 0.134 e. The van der Waals surface area contributed by atoms with Gasteiger partial charge in [0.05, 0.1) is 6.04 Å². The van der Waals surface area contributed by atoms with E-state index in [2.05, 4.69) is 19.2 Å². The van der Waals surface area contributed by atoms with Crippen molar-refractivity contribution >= 4 is 0 Å². The van der Waals surface area contributed by atoms with Crippen molar-refractivity contribution in [2.75, 3.05) is 6.54 Å². The molecule has 0 spiro atoms. The summed E-state index contributed by atoms with van der Waals surface area (Å²) in [6.45, 7) is 5.23. The van der Waals surface area contributed by atoms with Crippen LogP contribution in [0.15, 0.2) is 40.8 Å². The molecule has 0 aliphatic heterocycles. The maximum Gasteiger partial charge on any atom is 0.134 e. The molecular weight excluding hydrogens is 241 g/mol. The molecule has 1 heterocycles. The lowest BCUT2D eigenvalue weighted by Gasteiger charge is -2.13. The lowest BCUT2D eigenvalue weighted by Crippen LogP contribution is -2.20. The van der Waals surface area contributed by atoms with Crippen LogP contribution in [0.5, 0.6) is 0 Å². The summed E-state index contributed by atoms with van der Waals surface area (Å²) in [5.41, 5.74) is 0.775. The van der Waals surface area contributed by atoms with Crippen LogP contribution < -0.4 is 5.32 Å². The number of hydrogen-bond acceptors (Lipinski definition) is 2. The van der Waals surface area contributed by atoms with Crippen molar-refractivity contribution in [3.63, 3.8) is 0 Å². The van der Waals surface area contributed by atoms with Crippen LogP contribution in [0.1, 0.15) is 38.5 Å². The molecule has 0 radical (unpaired) electrons. The van der Waals surface area contributed by atoms with E-state index in [4.69, 9.17) is 4.42 Å². The normalized spacial score (nSPS) is 12.6. The average molecular weight is 261 g/mol. The fourth-order valence-corrected chi connectivity index (χ4v) is 2.10. The minimum absolute atomic E-state index is 0.224. The Balaban J connectivity index is 2.18. The van der Waals surface area contributed by atoms with Crippen LogP contribution in [-0.4, -0.2) is 6.54 Å². The predicted octanol–water partition coefficient (Wildman–Crippen LogP) is 4.54. The van der Waals surface area contributed by atoms with Crippen molar-refractivity contribution in [1.29, 1.82) is 0 Å². The van der Waals surface area contributed by atoms with Gasteiger partial charge >= 0.3 is 0 Å². The standard InChI is InChI=1S/C16H20FNO/c1-3-10-18-14(4-2)16-9-8-15(19-16)12-6-5-7-13(17)11-12/h5-9,11,14,18H,3-4,10H2,1-2H3. The molecule has 19 heavy (non-hydrogen) atoms. The molecule has 0 aliphatic carbocycles. The van der Waals surface area contributed by atoms with Crippen LogP contribution in [0.4, 0.5) is 4.39 Å². The van der Waals surface area contributed by atoms with Crippen molar-refractivity contribution in [2.24, 2.45) is 0 Å². The SMILES string of the molecule is CCCNC(CC)c1ccc(-c2cccc(F)c2)o1. The van der Waals surface area contributed by atoms with Crippen LogP contribution in [0.3, 0.4) is 0 Å². The summed E-state index contributed by atoms with van der Waals surface area (Å²) < 4.78 is 19.0. The van der Waals surface area contributed by atoms with Gasteiger partial charge in [0.25, 0.3) is 0 Å². The molecule has 0 aliphatic rings. The largest absolute Gasteiger partial charge is 0.459 e. The lowest BCUT2D eigenvalue weighted by molar-refractivity contribution is 0.411. The molecule has 1 aromatic heterocycles. The van der Waals surface area contributed by atoms with Gasteiger partial charge in [0.2, 0.25) is 0 Å². The first-order valence-corrected chi connectivity index (χ1v) is 6.83. The van der Waals surface area contributed by atoms with Crippen molar-refractivity contribution < 1.29 is 8.81 Å². The maximum absolute atomic E-state index is 13.2. The van der Waals surface area contributed by atoms with Gasteiger partial charge in [-0.05, 0) is 43.7 Å². The third kappa shape index (κ3) is 3.44. The first kappa shape index (κ1) is 13.8. The first-order chi connectivity index (χ1) is 9.24. The number of halogens is 1. The van der Waals surface area contributed by atoms with Crippen molar-refractivity contribution in [3.8, 4) is 11.3 Å². The monoisotopic (exact) mass is 261 g/mol. The highest BCUT2D eigenvalue weighted by Gasteiger charge is 2.13. The molecule has 0 fully saturated rings. The quantitative estimate of drug-likeness (QED) is 0.826. The number of furan rings is 1. The van der Waals surface area contributed by atoms with Crippen LogP contribution in [0, 0.1) is 5.82 Å². The van der Waals surface area contributed by atoms with Gasteiger partial charge in [0.1, 0.15) is 17.3 Å². The zero-order valence-corrected chi connectivity index (χ0v) is 11.4. The molecule has 1 aromatic carbocycles. The summed E-state index contributed by atoms with van der Waals surface area (Å²) >= 11 is 0. The van der Waals surface area contributed by atoms with Gasteiger partial charge in [-0.2, -0.15) is 0 Å². The lowest BCUT2D eigenvalue weighted by atomic mass is 10.1. The third-order valence-corrected chi connectivity index (χ3v) is 3.13. The Hall–Kier alpha value is -1.61. The van der Waals surface area contributed by atoms with E-state index in [9.17, 15) is 4.39 Å². The van der Waals surface area contributed by atoms with Gasteiger partial charge in [0, 0.05) is 5.56 Å². The molecule has 1 unspecified atom stereocenters. The highest BCUT2D eigenvalue weighted by atomic mass is 19.1. The molecule has 2 aromatic rings. The molecular formula is C16H20FNO. The summed E-state index contributed by atoms with van der Waals surface area (Å²) in [5, 5.41) is 3.44. The molecule has 0 bridgehead atoms. The Bertz CT molecular complexity index is 521. The van der Waals surface area contributed by atoms with E-state index in [0.29, 0.717) is 5.76 Å². The minimum Gasteiger partial charge on any atom is -0.459 e. The van der Waals surface area contributed by atoms with E-state index in [0.717, 1.165) is 30.7 Å². The van der Waals surface area contributed by atoms with Gasteiger partial charge in [-0.15, -0.1) is 0 Å². The fraction of sp³-hybridized carbons (Fsp3) is 0.375. The Morgan fingerprint density at radius 3 is 2.74 bits per heavy atom. The van der Waals surface area contributed by atoms with Gasteiger partial charge in [0.15, 0.2) is 0 Å². The molecule has 0 saturated carbocycles. The minimum atomic E-state index is -0.244. The highest BCUT2D eigenvalue weighted by molar-refractivity contribution is 5.57. The van der Waals surface area contributed by atoms with E-state index in [1.54, 1.807) is 6.07 Å². The maximum atomic E-state index is 13.2. The van der Waals surface area contributed by atoms with E-state index >= 15 is 0 Å². The van der Waals surface area contributed by atoms with Gasteiger partial charge < -0.3 is 9.73 Å². The summed E-state index contributed by atoms with van der Waals surface area (Å²) in [5.74, 6) is 1.38. The Morgan fingerprint density at radius 2 is 2.05 bits per heavy atom. The number of benzene rings is 1. The summed E-state index contributed by atoms with van der Waals surface area (Å²) in [6.07, 6.45) is 2.06. The van der Waals surface area contributed by atoms with Crippen LogP contribution >= 0.6 is 0 Å². The average Bonchev–Trinajstić information content (AvgIpc) is 2.89. The van der Waals surface area contributed by atoms with Crippen LogP contribution in [-0.2, 0) is 0 Å². The summed E-state index contributed by atoms with van der Waals surface area (Å²) in [6, 6.07) is 10.6. The molecule has 102 valence electrons. The Labute approximate surface area is 113 Å². The van der Waals surface area contributed by atoms with Crippen molar-refractivity contribution in [1.82, 2.24) is 5.32 Å². The topological polar surface area (TPSA) is 25.2 Å². The fourth-order valence-electron chi connectivity index (χ4n) is 2.10. The predicted molar refractivity (Wildman–Crippen MR) is 75.4 cm³/mol. The number of hydrogen-bond donors (Lipinski definition) is 1. The molecule has 2 nitrogen and oxygen atoms in total. The number of nitrogens with one attached hydrogen (secondary N) is 1. The van der Waals surface area contributed by atoms with Crippen LogP contribution in [0.2, 0.25) is 0 Å².